The van der Waals surface area contributed by atoms with Crippen molar-refractivity contribution in [1.82, 2.24) is 10.1 Å². The van der Waals surface area contributed by atoms with Crippen LogP contribution in [0.5, 0.6) is 0 Å². The lowest BCUT2D eigenvalue weighted by atomic mass is 9.78. The fourth-order valence-corrected chi connectivity index (χ4v) is 4.04. The minimum absolute atomic E-state index is 0.139. The van der Waals surface area contributed by atoms with Crippen LogP contribution in [-0.4, -0.2) is 35.1 Å². The van der Waals surface area contributed by atoms with Gasteiger partial charge in [0.05, 0.1) is 6.42 Å². The van der Waals surface area contributed by atoms with E-state index >= 15 is 0 Å². The van der Waals surface area contributed by atoms with Gasteiger partial charge in [-0.2, -0.15) is 0 Å². The predicted molar refractivity (Wildman–Crippen MR) is 83.1 cm³/mol. The van der Waals surface area contributed by atoms with Gasteiger partial charge in [0, 0.05) is 24.5 Å². The molecule has 0 radical (unpaired) electrons. The number of aromatic nitrogens is 1. The summed E-state index contributed by atoms with van der Waals surface area (Å²) in [5, 5.41) is 5.00. The summed E-state index contributed by atoms with van der Waals surface area (Å²) in [5.74, 6) is 1.20. The smallest absolute Gasteiger partial charge is 0.228 e. The van der Waals surface area contributed by atoms with E-state index in [1.165, 1.54) is 12.8 Å². The van der Waals surface area contributed by atoms with Gasteiger partial charge < -0.3 is 15.2 Å². The first-order valence-corrected chi connectivity index (χ1v) is 8.09. The minimum atomic E-state index is 0.139. The number of benzene rings is 1. The molecular formula is C17H21N3O2. The molecule has 1 aliphatic heterocycles. The lowest BCUT2D eigenvalue weighted by Crippen LogP contribution is -2.38. The molecule has 0 spiro atoms. The summed E-state index contributed by atoms with van der Waals surface area (Å²) in [5.41, 5.74) is 7.70. The van der Waals surface area contributed by atoms with Crippen molar-refractivity contribution < 1.29 is 9.32 Å². The molecule has 2 aliphatic rings. The number of likely N-dealkylation sites (tertiary alicyclic amines) is 1. The van der Waals surface area contributed by atoms with E-state index in [-0.39, 0.29) is 11.9 Å². The fourth-order valence-electron chi connectivity index (χ4n) is 4.04. The highest BCUT2D eigenvalue weighted by Crippen LogP contribution is 2.35. The molecule has 1 saturated carbocycles. The molecule has 3 unspecified atom stereocenters. The molecule has 1 aliphatic carbocycles. The number of para-hydroxylation sites is 1. The lowest BCUT2D eigenvalue weighted by Gasteiger charge is -2.29. The molecule has 5 nitrogen and oxygen atoms in total. The zero-order valence-electron chi connectivity index (χ0n) is 12.6. The van der Waals surface area contributed by atoms with Crippen molar-refractivity contribution in [3.8, 4) is 0 Å². The molecule has 2 fully saturated rings. The number of carbonyl (C=O) groups is 1. The third-order valence-electron chi connectivity index (χ3n) is 5.28. The Balaban J connectivity index is 1.49. The van der Waals surface area contributed by atoms with Gasteiger partial charge in [-0.1, -0.05) is 23.7 Å². The SMILES string of the molecule is NC1CCCC2CN(C(=O)Cc3noc4ccccc34)CC12. The van der Waals surface area contributed by atoms with Crippen molar-refractivity contribution in [3.05, 3.63) is 30.0 Å². The summed E-state index contributed by atoms with van der Waals surface area (Å²) >= 11 is 0. The third-order valence-corrected chi connectivity index (χ3v) is 5.28. The zero-order chi connectivity index (χ0) is 15.1. The predicted octanol–water partition coefficient (Wildman–Crippen LogP) is 1.96. The molecule has 2 heterocycles. The Morgan fingerprint density at radius 1 is 1.32 bits per heavy atom. The first-order chi connectivity index (χ1) is 10.7. The lowest BCUT2D eigenvalue weighted by molar-refractivity contribution is -0.129. The normalized spacial score (nSPS) is 28.0. The average Bonchev–Trinajstić information content (AvgIpc) is 3.13. The number of amides is 1. The van der Waals surface area contributed by atoms with E-state index in [2.05, 4.69) is 5.16 Å². The third kappa shape index (κ3) is 2.29. The van der Waals surface area contributed by atoms with Crippen molar-refractivity contribution in [3.63, 3.8) is 0 Å². The Hall–Kier alpha value is -1.88. The summed E-state index contributed by atoms with van der Waals surface area (Å²) in [6, 6.07) is 7.93. The summed E-state index contributed by atoms with van der Waals surface area (Å²) in [6.07, 6.45) is 3.80. The Morgan fingerprint density at radius 2 is 2.18 bits per heavy atom. The first kappa shape index (κ1) is 13.8. The first-order valence-electron chi connectivity index (χ1n) is 8.09. The summed E-state index contributed by atoms with van der Waals surface area (Å²) in [4.78, 5) is 14.6. The zero-order valence-corrected chi connectivity index (χ0v) is 12.6. The van der Waals surface area contributed by atoms with Gasteiger partial charge in [0.1, 0.15) is 5.69 Å². The Bertz CT molecular complexity index is 696. The largest absolute Gasteiger partial charge is 0.356 e. The topological polar surface area (TPSA) is 72.4 Å². The molecule has 1 aromatic heterocycles. The van der Waals surface area contributed by atoms with Crippen LogP contribution < -0.4 is 5.73 Å². The fraction of sp³-hybridized carbons (Fsp3) is 0.529. The highest BCUT2D eigenvalue weighted by Gasteiger charge is 2.40. The molecular weight excluding hydrogens is 278 g/mol. The van der Waals surface area contributed by atoms with Crippen LogP contribution in [-0.2, 0) is 11.2 Å². The van der Waals surface area contributed by atoms with E-state index in [1.54, 1.807) is 0 Å². The molecule has 1 saturated heterocycles. The molecule has 1 aromatic carbocycles. The Morgan fingerprint density at radius 3 is 3.05 bits per heavy atom. The van der Waals surface area contributed by atoms with Crippen molar-refractivity contribution in [2.24, 2.45) is 17.6 Å². The van der Waals surface area contributed by atoms with E-state index in [9.17, 15) is 4.79 Å². The molecule has 2 N–H and O–H groups in total. The van der Waals surface area contributed by atoms with Gasteiger partial charge in [-0.15, -0.1) is 0 Å². The average molecular weight is 299 g/mol. The van der Waals surface area contributed by atoms with Crippen LogP contribution in [0.3, 0.4) is 0 Å². The number of hydrogen-bond acceptors (Lipinski definition) is 4. The Labute approximate surface area is 129 Å². The van der Waals surface area contributed by atoms with E-state index in [4.69, 9.17) is 10.3 Å². The standard InChI is InChI=1S/C17H21N3O2/c18-14-6-3-4-11-9-20(10-13(11)14)17(21)8-15-12-5-1-2-7-16(12)22-19-15/h1-2,5,7,11,13-14H,3-4,6,8-10,18H2. The van der Waals surface area contributed by atoms with Crippen LogP contribution >= 0.6 is 0 Å². The van der Waals surface area contributed by atoms with Crippen LogP contribution in [0, 0.1) is 11.8 Å². The molecule has 22 heavy (non-hydrogen) atoms. The molecule has 3 atom stereocenters. The maximum absolute atomic E-state index is 12.6. The highest BCUT2D eigenvalue weighted by molar-refractivity contribution is 5.86. The molecule has 2 aromatic rings. The number of fused-ring (bicyclic) bond motifs is 2. The van der Waals surface area contributed by atoms with E-state index in [0.29, 0.717) is 18.3 Å². The maximum atomic E-state index is 12.6. The Kier molecular flexibility index (Phi) is 3.37. The molecule has 0 bridgehead atoms. The molecule has 4 rings (SSSR count). The van der Waals surface area contributed by atoms with Gasteiger partial charge in [-0.05, 0) is 36.8 Å². The van der Waals surface area contributed by atoms with Crippen LogP contribution in [0.2, 0.25) is 0 Å². The van der Waals surface area contributed by atoms with Crippen LogP contribution in [0.15, 0.2) is 28.8 Å². The molecule has 1 amide bonds. The number of hydrogen-bond donors (Lipinski definition) is 1. The van der Waals surface area contributed by atoms with Crippen molar-refractivity contribution in [2.75, 3.05) is 13.1 Å². The van der Waals surface area contributed by atoms with Crippen LogP contribution in [0.4, 0.5) is 0 Å². The highest BCUT2D eigenvalue weighted by atomic mass is 16.5. The second-order valence-corrected chi connectivity index (χ2v) is 6.62. The number of nitrogens with zero attached hydrogens (tertiary/aromatic N) is 2. The second kappa shape index (κ2) is 5.39. The van der Waals surface area contributed by atoms with E-state index in [0.717, 1.165) is 36.2 Å². The van der Waals surface area contributed by atoms with Crippen molar-refractivity contribution >= 4 is 16.9 Å². The van der Waals surface area contributed by atoms with Gasteiger partial charge in [0.25, 0.3) is 0 Å². The second-order valence-electron chi connectivity index (χ2n) is 6.62. The van der Waals surface area contributed by atoms with Crippen molar-refractivity contribution in [2.45, 2.75) is 31.7 Å². The quantitative estimate of drug-likeness (QED) is 0.920. The summed E-state index contributed by atoms with van der Waals surface area (Å²) in [7, 11) is 0. The molecule has 116 valence electrons. The van der Waals surface area contributed by atoms with Crippen molar-refractivity contribution in [1.29, 1.82) is 0 Å². The summed E-state index contributed by atoms with van der Waals surface area (Å²) < 4.78 is 5.28. The molecule has 5 heteroatoms. The number of nitrogens with two attached hydrogens (primary N) is 1. The van der Waals surface area contributed by atoms with Gasteiger partial charge in [-0.3, -0.25) is 4.79 Å². The number of rotatable bonds is 2. The van der Waals surface area contributed by atoms with Gasteiger partial charge >= 0.3 is 0 Å². The minimum Gasteiger partial charge on any atom is -0.356 e. The van der Waals surface area contributed by atoms with Gasteiger partial charge in [0.2, 0.25) is 5.91 Å². The van der Waals surface area contributed by atoms with Crippen LogP contribution in [0.25, 0.3) is 11.0 Å². The summed E-state index contributed by atoms with van der Waals surface area (Å²) in [6.45, 7) is 1.66. The van der Waals surface area contributed by atoms with Crippen LogP contribution in [0.1, 0.15) is 25.0 Å². The van der Waals surface area contributed by atoms with E-state index < -0.39 is 0 Å². The van der Waals surface area contributed by atoms with E-state index in [1.807, 2.05) is 29.2 Å². The maximum Gasteiger partial charge on any atom is 0.228 e. The number of carbonyl (C=O) groups excluding carboxylic acids is 1. The van der Waals surface area contributed by atoms with Gasteiger partial charge in [-0.25, -0.2) is 0 Å². The monoisotopic (exact) mass is 299 g/mol. The van der Waals surface area contributed by atoms with Gasteiger partial charge in [0.15, 0.2) is 5.58 Å².